The third-order valence-corrected chi connectivity index (χ3v) is 4.62. The van der Waals surface area contributed by atoms with Gasteiger partial charge in [-0.15, -0.1) is 0 Å². The maximum Gasteiger partial charge on any atom is 0.404 e. The number of carbonyl (C=O) groups is 5. The lowest BCUT2D eigenvalue weighted by molar-refractivity contribution is -0.143. The average molecular weight is 471 g/mol. The van der Waals surface area contributed by atoms with Gasteiger partial charge in [-0.2, -0.15) is 0 Å². The number of rotatable bonds is 15. The second-order valence-electron chi connectivity index (χ2n) is 8.31. The van der Waals surface area contributed by atoms with Gasteiger partial charge in [0.05, 0.1) is 39.0 Å². The Morgan fingerprint density at radius 2 is 1.45 bits per heavy atom. The van der Waals surface area contributed by atoms with E-state index in [0.29, 0.717) is 0 Å². The van der Waals surface area contributed by atoms with Crippen LogP contribution in [0.4, 0.5) is 4.79 Å². The molecule has 1 heterocycles. The van der Waals surface area contributed by atoms with Gasteiger partial charge in [0.15, 0.2) is 0 Å². The molecule has 0 bridgehead atoms. The number of nitrogens with one attached hydrogen (secondary N) is 2. The summed E-state index contributed by atoms with van der Waals surface area (Å²) in [6.45, 7) is 7.11. The second kappa shape index (κ2) is 14.2. The van der Waals surface area contributed by atoms with Crippen LogP contribution in [0.3, 0.4) is 0 Å². The van der Waals surface area contributed by atoms with Crippen molar-refractivity contribution >= 4 is 29.7 Å². The van der Waals surface area contributed by atoms with Crippen LogP contribution < -0.4 is 16.4 Å². The summed E-state index contributed by atoms with van der Waals surface area (Å²) in [7, 11) is 0. The minimum Gasteiger partial charge on any atom is -0.448 e. The highest BCUT2D eigenvalue weighted by Gasteiger charge is 2.39. The van der Waals surface area contributed by atoms with Crippen molar-refractivity contribution in [3.8, 4) is 0 Å². The first-order valence-electron chi connectivity index (χ1n) is 10.7. The maximum atomic E-state index is 12.3. The van der Waals surface area contributed by atoms with Crippen molar-refractivity contribution in [1.82, 2.24) is 15.5 Å². The van der Waals surface area contributed by atoms with Gasteiger partial charge >= 0.3 is 6.09 Å². The molecule has 1 aliphatic heterocycles. The maximum absolute atomic E-state index is 12.3. The number of ether oxygens (including phenoxy) is 3. The number of amides is 5. The summed E-state index contributed by atoms with van der Waals surface area (Å²) in [6, 6.07) is -0.560. The van der Waals surface area contributed by atoms with Crippen LogP contribution in [0.25, 0.3) is 0 Å². The zero-order chi connectivity index (χ0) is 24.9. The molecular weight excluding hydrogens is 436 g/mol. The molecule has 0 fully saturated rings. The zero-order valence-electron chi connectivity index (χ0n) is 19.4. The summed E-state index contributed by atoms with van der Waals surface area (Å²) in [5.41, 5.74) is 4.33. The zero-order valence-corrected chi connectivity index (χ0v) is 19.4. The Morgan fingerprint density at radius 3 is 2.03 bits per heavy atom. The second-order valence-corrected chi connectivity index (χ2v) is 8.31. The lowest BCUT2D eigenvalue weighted by Crippen LogP contribution is -2.49. The summed E-state index contributed by atoms with van der Waals surface area (Å²) >= 11 is 0. The summed E-state index contributed by atoms with van der Waals surface area (Å²) < 4.78 is 15.1. The van der Waals surface area contributed by atoms with Crippen molar-refractivity contribution in [3.05, 3.63) is 12.2 Å². The Kier molecular flexibility index (Phi) is 12.1. The molecule has 4 N–H and O–H groups in total. The van der Waals surface area contributed by atoms with Crippen molar-refractivity contribution in [1.29, 1.82) is 0 Å². The van der Waals surface area contributed by atoms with Gasteiger partial charge in [0.1, 0.15) is 6.61 Å². The van der Waals surface area contributed by atoms with Gasteiger partial charge in [0, 0.05) is 31.5 Å². The largest absolute Gasteiger partial charge is 0.448 e. The van der Waals surface area contributed by atoms with E-state index in [1.165, 1.54) is 12.2 Å². The highest BCUT2D eigenvalue weighted by Crippen LogP contribution is 2.29. The molecule has 0 saturated carbocycles. The number of imide groups is 1. The Labute approximate surface area is 193 Å². The Balaban J connectivity index is 2.11. The number of carbonyl (C=O) groups excluding carboxylic acids is 5. The van der Waals surface area contributed by atoms with Crippen LogP contribution in [0.5, 0.6) is 0 Å². The number of nitrogens with zero attached hydrogens (tertiary/aromatic N) is 1. The number of nitrogens with two attached hydrogens (primary N) is 1. The summed E-state index contributed by atoms with van der Waals surface area (Å²) in [6.07, 6.45) is 1.68. The van der Waals surface area contributed by atoms with Gasteiger partial charge < -0.3 is 30.6 Å². The fourth-order valence-corrected chi connectivity index (χ4v) is 2.93. The van der Waals surface area contributed by atoms with E-state index < -0.39 is 29.4 Å². The van der Waals surface area contributed by atoms with Crippen molar-refractivity contribution in [2.45, 2.75) is 39.7 Å². The first-order valence-corrected chi connectivity index (χ1v) is 10.7. The average Bonchev–Trinajstić information content (AvgIpc) is 3.05. The van der Waals surface area contributed by atoms with Gasteiger partial charge in [-0.25, -0.2) is 4.79 Å². The first-order chi connectivity index (χ1) is 15.5. The number of hydrogen-bond donors (Lipinski definition) is 3. The van der Waals surface area contributed by atoms with E-state index in [-0.39, 0.29) is 70.8 Å². The molecule has 1 rings (SSSR count). The van der Waals surface area contributed by atoms with E-state index in [1.807, 2.05) is 20.8 Å². The summed E-state index contributed by atoms with van der Waals surface area (Å²) in [5, 5.41) is 5.27. The van der Waals surface area contributed by atoms with E-state index in [0.717, 1.165) is 4.90 Å². The van der Waals surface area contributed by atoms with E-state index in [4.69, 9.17) is 15.2 Å². The Hall–Kier alpha value is -2.99. The molecule has 0 saturated heterocycles. The third-order valence-electron chi connectivity index (χ3n) is 4.62. The van der Waals surface area contributed by atoms with Crippen molar-refractivity contribution in [2.75, 3.05) is 46.1 Å². The Bertz CT molecular complexity index is 714. The third kappa shape index (κ3) is 11.4. The standard InChI is InChI=1S/C21H34N4O8/c1-21(2,3)15(25-18(28)4-5-19(25)29)14-17(27)24-7-10-32-13-12-31-9-6-16(26)23-8-11-33-20(22)30/h4-5,15H,6-14H2,1-3H3,(H2,22,30)(H,23,26)(H,24,27). The van der Waals surface area contributed by atoms with Crippen LogP contribution in [-0.2, 0) is 33.4 Å². The van der Waals surface area contributed by atoms with Crippen molar-refractivity contribution in [3.63, 3.8) is 0 Å². The molecule has 186 valence electrons. The number of hydrogen-bond acceptors (Lipinski definition) is 8. The SMILES string of the molecule is CC(C)(C)C(CC(=O)NCCOCCOCCC(=O)NCCOC(N)=O)N1C(=O)C=CC1=O. The van der Waals surface area contributed by atoms with Crippen LogP contribution in [0.2, 0.25) is 0 Å². The van der Waals surface area contributed by atoms with Gasteiger partial charge in [-0.05, 0) is 5.41 Å². The summed E-state index contributed by atoms with van der Waals surface area (Å²) in [4.78, 5) is 59.3. The molecule has 1 atom stereocenters. The van der Waals surface area contributed by atoms with Crippen LogP contribution >= 0.6 is 0 Å². The quantitative estimate of drug-likeness (QED) is 0.212. The van der Waals surface area contributed by atoms with E-state index in [1.54, 1.807) is 0 Å². The fraction of sp³-hybridized carbons (Fsp3) is 0.667. The molecule has 0 aromatic rings. The molecule has 33 heavy (non-hydrogen) atoms. The predicted molar refractivity (Wildman–Crippen MR) is 117 cm³/mol. The molecule has 12 heteroatoms. The molecule has 1 aliphatic rings. The molecule has 5 amide bonds. The molecular formula is C21H34N4O8. The predicted octanol–water partition coefficient (Wildman–Crippen LogP) is -0.533. The van der Waals surface area contributed by atoms with Gasteiger partial charge in [0.2, 0.25) is 11.8 Å². The minimum absolute atomic E-state index is 0.00247. The smallest absolute Gasteiger partial charge is 0.404 e. The first kappa shape index (κ1) is 28.0. The highest BCUT2D eigenvalue weighted by molar-refractivity contribution is 6.13. The van der Waals surface area contributed by atoms with Gasteiger partial charge in [-0.1, -0.05) is 20.8 Å². The monoisotopic (exact) mass is 470 g/mol. The van der Waals surface area contributed by atoms with E-state index in [2.05, 4.69) is 15.4 Å². The summed E-state index contributed by atoms with van der Waals surface area (Å²) in [5.74, 6) is -1.35. The highest BCUT2D eigenvalue weighted by atomic mass is 16.5. The molecule has 0 spiro atoms. The number of primary amides is 1. The lowest BCUT2D eigenvalue weighted by Gasteiger charge is -2.36. The van der Waals surface area contributed by atoms with Crippen molar-refractivity contribution in [2.24, 2.45) is 11.1 Å². The minimum atomic E-state index is -0.895. The normalized spacial score (nSPS) is 14.3. The van der Waals surface area contributed by atoms with Crippen LogP contribution in [0, 0.1) is 5.41 Å². The van der Waals surface area contributed by atoms with Crippen LogP contribution in [0.1, 0.15) is 33.6 Å². The fourth-order valence-electron chi connectivity index (χ4n) is 2.93. The Morgan fingerprint density at radius 1 is 0.909 bits per heavy atom. The molecule has 12 nitrogen and oxygen atoms in total. The van der Waals surface area contributed by atoms with E-state index in [9.17, 15) is 24.0 Å². The van der Waals surface area contributed by atoms with Crippen LogP contribution in [-0.4, -0.2) is 86.8 Å². The molecule has 0 aromatic heterocycles. The molecule has 0 radical (unpaired) electrons. The molecule has 0 aliphatic carbocycles. The molecule has 1 unspecified atom stereocenters. The van der Waals surface area contributed by atoms with E-state index >= 15 is 0 Å². The molecule has 0 aromatic carbocycles. The van der Waals surface area contributed by atoms with Crippen LogP contribution in [0.15, 0.2) is 12.2 Å². The topological polar surface area (TPSA) is 166 Å². The lowest BCUT2D eigenvalue weighted by atomic mass is 9.83. The van der Waals surface area contributed by atoms with Crippen molar-refractivity contribution < 1.29 is 38.2 Å². The van der Waals surface area contributed by atoms with Gasteiger partial charge in [0.25, 0.3) is 11.8 Å². The van der Waals surface area contributed by atoms with Gasteiger partial charge in [-0.3, -0.25) is 24.1 Å².